The molecular weight excluding hydrogens is 506 g/mol. The first-order chi connectivity index (χ1) is 18.9. The Hall–Kier alpha value is -3.41. The Labute approximate surface area is 237 Å². The largest absolute Gasteiger partial charge is 0.351 e. The number of carbonyl (C=O) groups excluding carboxylic acids is 2. The average Bonchev–Trinajstić information content (AvgIpc) is 3.13. The van der Waals surface area contributed by atoms with Crippen LogP contribution >= 0.6 is 11.6 Å². The van der Waals surface area contributed by atoms with Crippen LogP contribution in [0.3, 0.4) is 0 Å². The summed E-state index contributed by atoms with van der Waals surface area (Å²) in [6.07, 6.45) is 4.96. The number of hydrogen-bond acceptors (Lipinski definition) is 3. The van der Waals surface area contributed by atoms with E-state index in [4.69, 9.17) is 11.6 Å². The first-order valence-electron chi connectivity index (χ1n) is 13.8. The maximum absolute atomic E-state index is 13.9. The topological polar surface area (TPSA) is 61.4 Å². The van der Waals surface area contributed by atoms with Crippen molar-refractivity contribution in [1.29, 1.82) is 0 Å². The summed E-state index contributed by atoms with van der Waals surface area (Å²) in [5.41, 5.74) is 3.31. The Morgan fingerprint density at radius 2 is 1.64 bits per heavy atom. The van der Waals surface area contributed by atoms with Crippen molar-refractivity contribution in [2.75, 3.05) is 19.6 Å². The van der Waals surface area contributed by atoms with E-state index in [1.165, 1.54) is 17.2 Å². The Kier molecular flexibility index (Phi) is 10.3. The normalized spacial score (nSPS) is 18.8. The van der Waals surface area contributed by atoms with Gasteiger partial charge in [0.1, 0.15) is 0 Å². The van der Waals surface area contributed by atoms with Crippen LogP contribution in [-0.2, 0) is 9.59 Å². The lowest BCUT2D eigenvalue weighted by Crippen LogP contribution is -2.52. The number of hydrogen-bond donors (Lipinski definition) is 2. The maximum atomic E-state index is 13.9. The quantitative estimate of drug-likeness (QED) is 0.313. The minimum absolute atomic E-state index is 0.00210. The molecule has 3 aromatic rings. The third-order valence-electron chi connectivity index (χ3n) is 7.58. The lowest BCUT2D eigenvalue weighted by atomic mass is 9.90. The molecule has 2 N–H and O–H groups in total. The van der Waals surface area contributed by atoms with Crippen molar-refractivity contribution in [2.45, 2.75) is 44.7 Å². The summed E-state index contributed by atoms with van der Waals surface area (Å²) in [4.78, 5) is 28.4. The highest BCUT2D eigenvalue weighted by atomic mass is 35.5. The van der Waals surface area contributed by atoms with Crippen LogP contribution in [0.15, 0.2) is 91.0 Å². The second-order valence-corrected chi connectivity index (χ2v) is 10.7. The van der Waals surface area contributed by atoms with Gasteiger partial charge in [-0.2, -0.15) is 0 Å². The molecule has 1 aliphatic heterocycles. The molecule has 0 aliphatic carbocycles. The third-order valence-corrected chi connectivity index (χ3v) is 7.83. The van der Waals surface area contributed by atoms with Gasteiger partial charge in [0.25, 0.3) is 0 Å². The summed E-state index contributed by atoms with van der Waals surface area (Å²) in [6.45, 7) is 5.94. The van der Waals surface area contributed by atoms with Crippen LogP contribution in [0.2, 0.25) is 5.02 Å². The van der Waals surface area contributed by atoms with Gasteiger partial charge in [0.15, 0.2) is 0 Å². The van der Waals surface area contributed by atoms with Gasteiger partial charge in [0.05, 0.1) is 6.04 Å². The lowest BCUT2D eigenvalue weighted by Gasteiger charge is -2.31. The number of rotatable bonds is 10. The van der Waals surface area contributed by atoms with Gasteiger partial charge in [-0.15, -0.1) is 0 Å². The van der Waals surface area contributed by atoms with Crippen molar-refractivity contribution in [3.63, 3.8) is 0 Å². The smallest absolute Gasteiger partial charge is 0.244 e. The van der Waals surface area contributed by atoms with Crippen molar-refractivity contribution in [2.24, 2.45) is 5.92 Å². The predicted molar refractivity (Wildman–Crippen MR) is 160 cm³/mol. The number of carbonyl (C=O) groups is 2. The molecule has 1 saturated heterocycles. The highest BCUT2D eigenvalue weighted by molar-refractivity contribution is 6.30. The zero-order valence-corrected chi connectivity index (χ0v) is 23.5. The van der Waals surface area contributed by atoms with E-state index in [1.807, 2.05) is 29.2 Å². The molecule has 0 spiro atoms. The van der Waals surface area contributed by atoms with E-state index < -0.39 is 0 Å². The summed E-state index contributed by atoms with van der Waals surface area (Å²) in [5, 5.41) is 7.27. The van der Waals surface area contributed by atoms with Gasteiger partial charge in [0, 0.05) is 42.7 Å². The zero-order valence-electron chi connectivity index (χ0n) is 22.7. The molecule has 1 fully saturated rings. The molecule has 0 bridgehead atoms. The highest BCUT2D eigenvalue weighted by Gasteiger charge is 2.35. The lowest BCUT2D eigenvalue weighted by molar-refractivity contribution is -0.134. The van der Waals surface area contributed by atoms with Gasteiger partial charge >= 0.3 is 0 Å². The van der Waals surface area contributed by atoms with Gasteiger partial charge in [0.2, 0.25) is 11.8 Å². The monoisotopic (exact) mass is 543 g/mol. The molecule has 4 rings (SSSR count). The Morgan fingerprint density at radius 1 is 1.03 bits per heavy atom. The van der Waals surface area contributed by atoms with Crippen molar-refractivity contribution in [3.05, 3.63) is 113 Å². The molecule has 0 radical (unpaired) electrons. The summed E-state index contributed by atoms with van der Waals surface area (Å²) < 4.78 is 0. The number of nitrogens with zero attached hydrogens (tertiary/aromatic N) is 1. The minimum Gasteiger partial charge on any atom is -0.351 e. The van der Waals surface area contributed by atoms with E-state index in [0.717, 1.165) is 18.4 Å². The van der Waals surface area contributed by atoms with E-state index in [9.17, 15) is 9.59 Å². The highest BCUT2D eigenvalue weighted by Crippen LogP contribution is 2.27. The van der Waals surface area contributed by atoms with Crippen LogP contribution in [0, 0.1) is 5.92 Å². The second kappa shape index (κ2) is 14.1. The summed E-state index contributed by atoms with van der Waals surface area (Å²) in [5.74, 6) is 0.237. The zero-order chi connectivity index (χ0) is 27.6. The van der Waals surface area contributed by atoms with Crippen molar-refractivity contribution < 1.29 is 9.59 Å². The molecule has 1 aliphatic rings. The number of amides is 2. The van der Waals surface area contributed by atoms with Crippen LogP contribution < -0.4 is 10.6 Å². The van der Waals surface area contributed by atoms with Crippen molar-refractivity contribution in [1.82, 2.24) is 15.5 Å². The molecule has 39 heavy (non-hydrogen) atoms. The molecule has 1 heterocycles. The van der Waals surface area contributed by atoms with Gasteiger partial charge in [-0.3, -0.25) is 9.59 Å². The minimum atomic E-state index is -0.295. The molecule has 0 saturated carbocycles. The Morgan fingerprint density at radius 3 is 2.23 bits per heavy atom. The fourth-order valence-electron chi connectivity index (χ4n) is 5.04. The molecule has 2 amide bonds. The van der Waals surface area contributed by atoms with Crippen LogP contribution in [0.1, 0.15) is 49.3 Å². The van der Waals surface area contributed by atoms with E-state index in [-0.39, 0.29) is 35.7 Å². The van der Waals surface area contributed by atoms with Crippen LogP contribution in [0.5, 0.6) is 0 Å². The molecule has 3 aromatic carbocycles. The number of halogens is 1. The van der Waals surface area contributed by atoms with E-state index in [0.29, 0.717) is 24.7 Å². The summed E-state index contributed by atoms with van der Waals surface area (Å²) in [7, 11) is 0. The maximum Gasteiger partial charge on any atom is 0.244 e. The van der Waals surface area contributed by atoms with Crippen molar-refractivity contribution in [3.8, 4) is 0 Å². The van der Waals surface area contributed by atoms with E-state index in [2.05, 4.69) is 73.0 Å². The van der Waals surface area contributed by atoms with Gasteiger partial charge in [-0.25, -0.2) is 0 Å². The molecule has 0 aromatic heterocycles. The fourth-order valence-corrected chi connectivity index (χ4v) is 5.16. The van der Waals surface area contributed by atoms with E-state index in [1.54, 1.807) is 18.2 Å². The fraction of sp³-hybridized carbons (Fsp3) is 0.333. The van der Waals surface area contributed by atoms with E-state index >= 15 is 0 Å². The molecule has 3 atom stereocenters. The first kappa shape index (κ1) is 28.6. The van der Waals surface area contributed by atoms with Gasteiger partial charge in [-0.05, 0) is 47.2 Å². The van der Waals surface area contributed by atoms with Crippen LogP contribution in [0.4, 0.5) is 0 Å². The Bertz CT molecular complexity index is 1190. The standard InChI is InChI=1S/C33H38ClN3O2/c1-3-24(2)32-33(39)37(23-30(26-10-6-4-7-11-26)27-12-8-5-9-13-27)21-20-29(36-32)22-35-31(38)19-16-25-14-17-28(34)18-15-25/h4-19,24,29-30,32,36H,3,20-23H2,1-2H3,(H,35,38)/b19-16+/t24?,29-,32-/m0/s1. The molecule has 5 nitrogen and oxygen atoms in total. The Balaban J connectivity index is 1.46. The number of benzene rings is 3. The van der Waals surface area contributed by atoms with Gasteiger partial charge < -0.3 is 15.5 Å². The molecule has 1 unspecified atom stereocenters. The van der Waals surface area contributed by atoms with Crippen LogP contribution in [-0.4, -0.2) is 48.4 Å². The second-order valence-electron chi connectivity index (χ2n) is 10.3. The van der Waals surface area contributed by atoms with Gasteiger partial charge in [-0.1, -0.05) is 105 Å². The molecule has 204 valence electrons. The summed E-state index contributed by atoms with van der Waals surface area (Å²) >= 11 is 5.94. The molecule has 6 heteroatoms. The van der Waals surface area contributed by atoms with Crippen molar-refractivity contribution >= 4 is 29.5 Å². The summed E-state index contributed by atoms with van der Waals surface area (Å²) in [6, 6.07) is 27.9. The first-order valence-corrected chi connectivity index (χ1v) is 14.2. The van der Waals surface area contributed by atoms with Crippen LogP contribution in [0.25, 0.3) is 6.08 Å². The third kappa shape index (κ3) is 8.04. The predicted octanol–water partition coefficient (Wildman–Crippen LogP) is 5.91. The molecular formula is C33H38ClN3O2. The average molecular weight is 544 g/mol. The number of nitrogens with one attached hydrogen (secondary N) is 2. The SMILES string of the molecule is CCC(C)[C@@H]1N[C@H](CNC(=O)/C=C/c2ccc(Cl)cc2)CCN(CC(c2ccccc2)c2ccccc2)C1=O.